The van der Waals surface area contributed by atoms with E-state index in [-0.39, 0.29) is 5.69 Å². The van der Waals surface area contributed by atoms with Crippen LogP contribution in [-0.2, 0) is 7.05 Å². The van der Waals surface area contributed by atoms with E-state index in [1.807, 2.05) is 13.0 Å². The molecule has 6 heteroatoms. The number of ether oxygens (including phenoxy) is 2. The molecule has 1 N–H and O–H groups in total. The van der Waals surface area contributed by atoms with E-state index in [1.165, 1.54) is 10.7 Å². The van der Waals surface area contributed by atoms with Gasteiger partial charge in [-0.2, -0.15) is 5.10 Å². The first kappa shape index (κ1) is 13.9. The molecule has 0 spiro atoms. The summed E-state index contributed by atoms with van der Waals surface area (Å²) >= 11 is 0. The number of carboxylic acids is 1. The normalized spacial score (nSPS) is 10.4. The van der Waals surface area contributed by atoms with Crippen molar-refractivity contribution in [3.63, 3.8) is 0 Å². The molecule has 1 heterocycles. The number of rotatable bonds is 4. The number of methoxy groups -OCH3 is 2. The molecule has 0 aliphatic heterocycles. The van der Waals surface area contributed by atoms with Crippen molar-refractivity contribution < 1.29 is 19.4 Å². The van der Waals surface area contributed by atoms with Crippen LogP contribution >= 0.6 is 0 Å². The van der Waals surface area contributed by atoms with Crippen LogP contribution in [0.2, 0.25) is 0 Å². The Morgan fingerprint density at radius 1 is 1.30 bits per heavy atom. The second-order valence-electron chi connectivity index (χ2n) is 4.32. The Morgan fingerprint density at radius 3 is 2.50 bits per heavy atom. The number of carboxylic acid groups (broad SMARTS) is 1. The quantitative estimate of drug-likeness (QED) is 0.925. The minimum absolute atomic E-state index is 0.0108. The summed E-state index contributed by atoms with van der Waals surface area (Å²) in [5, 5.41) is 13.0. The number of aryl methyl sites for hydroxylation is 1. The Bertz CT molecular complexity index is 661. The predicted molar refractivity (Wildman–Crippen MR) is 73.4 cm³/mol. The average molecular weight is 276 g/mol. The van der Waals surface area contributed by atoms with Crippen molar-refractivity contribution in [1.82, 2.24) is 9.78 Å². The second-order valence-corrected chi connectivity index (χ2v) is 4.32. The Labute approximate surface area is 116 Å². The molecule has 0 aliphatic carbocycles. The van der Waals surface area contributed by atoms with Gasteiger partial charge in [-0.25, -0.2) is 4.79 Å². The molecule has 20 heavy (non-hydrogen) atoms. The van der Waals surface area contributed by atoms with E-state index in [2.05, 4.69) is 5.10 Å². The standard InChI is InChI=1S/C14H16N2O4/c1-8-9(5-6-12(19-3)13(8)20-4)11-7-10(14(17)18)15-16(11)2/h5-7H,1-4H3,(H,17,18). The van der Waals surface area contributed by atoms with Crippen molar-refractivity contribution in [2.45, 2.75) is 6.92 Å². The van der Waals surface area contributed by atoms with Crippen molar-refractivity contribution in [1.29, 1.82) is 0 Å². The lowest BCUT2D eigenvalue weighted by Crippen LogP contribution is -2.00. The van der Waals surface area contributed by atoms with E-state index in [4.69, 9.17) is 14.6 Å². The number of aromatic carboxylic acids is 1. The molecular weight excluding hydrogens is 260 g/mol. The fourth-order valence-electron chi connectivity index (χ4n) is 2.18. The molecule has 106 valence electrons. The molecular formula is C14H16N2O4. The van der Waals surface area contributed by atoms with Gasteiger partial charge in [-0.15, -0.1) is 0 Å². The maximum atomic E-state index is 11.0. The lowest BCUT2D eigenvalue weighted by atomic mass is 10.0. The van der Waals surface area contributed by atoms with Gasteiger partial charge < -0.3 is 14.6 Å². The van der Waals surface area contributed by atoms with Crippen molar-refractivity contribution in [3.8, 4) is 22.8 Å². The Morgan fingerprint density at radius 2 is 2.00 bits per heavy atom. The lowest BCUT2D eigenvalue weighted by molar-refractivity contribution is 0.0689. The van der Waals surface area contributed by atoms with Crippen LogP contribution in [0.5, 0.6) is 11.5 Å². The molecule has 0 amide bonds. The van der Waals surface area contributed by atoms with E-state index in [9.17, 15) is 4.79 Å². The molecule has 6 nitrogen and oxygen atoms in total. The molecule has 0 aliphatic rings. The lowest BCUT2D eigenvalue weighted by Gasteiger charge is -2.14. The molecule has 2 rings (SSSR count). The monoisotopic (exact) mass is 276 g/mol. The molecule has 0 saturated heterocycles. The van der Waals surface area contributed by atoms with Gasteiger partial charge in [0.25, 0.3) is 0 Å². The Hall–Kier alpha value is -2.50. The summed E-state index contributed by atoms with van der Waals surface area (Å²) < 4.78 is 12.1. The summed E-state index contributed by atoms with van der Waals surface area (Å²) in [5.41, 5.74) is 2.44. The highest BCUT2D eigenvalue weighted by atomic mass is 16.5. The maximum absolute atomic E-state index is 11.0. The van der Waals surface area contributed by atoms with Gasteiger partial charge in [0.1, 0.15) is 0 Å². The zero-order valence-electron chi connectivity index (χ0n) is 11.8. The topological polar surface area (TPSA) is 73.6 Å². The highest BCUT2D eigenvalue weighted by molar-refractivity contribution is 5.87. The minimum Gasteiger partial charge on any atom is -0.493 e. The summed E-state index contributed by atoms with van der Waals surface area (Å²) in [4.78, 5) is 11.0. The van der Waals surface area contributed by atoms with Gasteiger partial charge in [0, 0.05) is 18.2 Å². The molecule has 0 radical (unpaired) electrons. The third-order valence-electron chi connectivity index (χ3n) is 3.17. The number of nitrogens with zero attached hydrogens (tertiary/aromatic N) is 2. The zero-order valence-corrected chi connectivity index (χ0v) is 11.8. The van der Waals surface area contributed by atoms with Gasteiger partial charge in [0.15, 0.2) is 17.2 Å². The molecule has 0 unspecified atom stereocenters. The van der Waals surface area contributed by atoms with E-state index in [1.54, 1.807) is 27.3 Å². The van der Waals surface area contributed by atoms with Crippen molar-refractivity contribution >= 4 is 5.97 Å². The zero-order chi connectivity index (χ0) is 14.9. The highest BCUT2D eigenvalue weighted by Crippen LogP contribution is 2.37. The molecule has 0 fully saturated rings. The van der Waals surface area contributed by atoms with Crippen LogP contribution in [0.1, 0.15) is 16.1 Å². The van der Waals surface area contributed by atoms with Crippen LogP contribution in [0.4, 0.5) is 0 Å². The third kappa shape index (κ3) is 2.20. The summed E-state index contributed by atoms with van der Waals surface area (Å²) in [6, 6.07) is 5.19. The van der Waals surface area contributed by atoms with E-state index in [0.29, 0.717) is 17.2 Å². The summed E-state index contributed by atoms with van der Waals surface area (Å²) in [5.74, 6) is 0.211. The largest absolute Gasteiger partial charge is 0.493 e. The van der Waals surface area contributed by atoms with Crippen LogP contribution in [0.15, 0.2) is 18.2 Å². The molecule has 1 aromatic carbocycles. The molecule has 2 aromatic rings. The smallest absolute Gasteiger partial charge is 0.356 e. The summed E-state index contributed by atoms with van der Waals surface area (Å²) in [6.45, 7) is 1.89. The van der Waals surface area contributed by atoms with Gasteiger partial charge in [-0.3, -0.25) is 4.68 Å². The molecule has 0 saturated carbocycles. The van der Waals surface area contributed by atoms with Crippen LogP contribution in [-0.4, -0.2) is 35.1 Å². The summed E-state index contributed by atoms with van der Waals surface area (Å²) in [6.07, 6.45) is 0. The van der Waals surface area contributed by atoms with Gasteiger partial charge in [-0.1, -0.05) is 0 Å². The van der Waals surface area contributed by atoms with Crippen LogP contribution in [0.3, 0.4) is 0 Å². The number of aromatic nitrogens is 2. The molecule has 0 atom stereocenters. The number of benzene rings is 1. The minimum atomic E-state index is -1.05. The van der Waals surface area contributed by atoms with Crippen LogP contribution < -0.4 is 9.47 Å². The van der Waals surface area contributed by atoms with E-state index < -0.39 is 5.97 Å². The first-order valence-electron chi connectivity index (χ1n) is 5.98. The maximum Gasteiger partial charge on any atom is 0.356 e. The van der Waals surface area contributed by atoms with Gasteiger partial charge >= 0.3 is 5.97 Å². The fraction of sp³-hybridized carbons (Fsp3) is 0.286. The fourth-order valence-corrected chi connectivity index (χ4v) is 2.18. The van der Waals surface area contributed by atoms with E-state index in [0.717, 1.165) is 11.1 Å². The SMILES string of the molecule is COc1ccc(-c2cc(C(=O)O)nn2C)c(C)c1OC. The number of carbonyl (C=O) groups is 1. The van der Waals surface area contributed by atoms with Gasteiger partial charge in [0.05, 0.1) is 19.9 Å². The van der Waals surface area contributed by atoms with Crippen molar-refractivity contribution in [2.24, 2.45) is 7.05 Å². The van der Waals surface area contributed by atoms with Crippen molar-refractivity contribution in [3.05, 3.63) is 29.5 Å². The van der Waals surface area contributed by atoms with Crippen molar-refractivity contribution in [2.75, 3.05) is 14.2 Å². The summed E-state index contributed by atoms with van der Waals surface area (Å²) in [7, 11) is 4.85. The van der Waals surface area contributed by atoms with Crippen LogP contribution in [0.25, 0.3) is 11.3 Å². The Balaban J connectivity index is 2.61. The predicted octanol–water partition coefficient (Wildman–Crippen LogP) is 2.11. The van der Waals surface area contributed by atoms with Crippen LogP contribution in [0, 0.1) is 6.92 Å². The Kier molecular flexibility index (Phi) is 3.65. The molecule has 1 aromatic heterocycles. The number of hydrogen-bond donors (Lipinski definition) is 1. The first-order valence-corrected chi connectivity index (χ1v) is 5.98. The third-order valence-corrected chi connectivity index (χ3v) is 3.17. The van der Waals surface area contributed by atoms with Gasteiger partial charge in [0.2, 0.25) is 0 Å². The van der Waals surface area contributed by atoms with Gasteiger partial charge in [-0.05, 0) is 25.1 Å². The average Bonchev–Trinajstić information content (AvgIpc) is 2.80. The number of hydrogen-bond acceptors (Lipinski definition) is 4. The second kappa shape index (κ2) is 5.24. The first-order chi connectivity index (χ1) is 9.49. The highest BCUT2D eigenvalue weighted by Gasteiger charge is 2.17. The van der Waals surface area contributed by atoms with E-state index >= 15 is 0 Å². The molecule has 0 bridgehead atoms.